The maximum absolute atomic E-state index is 13.3. The molecule has 0 radical (unpaired) electrons. The minimum absolute atomic E-state index is 0.256. The van der Waals surface area contributed by atoms with Gasteiger partial charge in [0.2, 0.25) is 12.1 Å². The number of anilines is 1. The molecule has 2 heterocycles. The van der Waals surface area contributed by atoms with Crippen LogP contribution in [0, 0.1) is 11.8 Å². The number of amidine groups is 1. The first-order chi connectivity index (χ1) is 15.5. The van der Waals surface area contributed by atoms with Crippen LogP contribution in [-0.4, -0.2) is 60.1 Å². The molecular formula is C25H36N4O3. The van der Waals surface area contributed by atoms with Gasteiger partial charge in [-0.2, -0.15) is 0 Å². The first-order valence-electron chi connectivity index (χ1n) is 12.2. The van der Waals surface area contributed by atoms with Crippen molar-refractivity contribution in [3.63, 3.8) is 0 Å². The van der Waals surface area contributed by atoms with Gasteiger partial charge in [-0.05, 0) is 43.7 Å². The third-order valence-electron chi connectivity index (χ3n) is 6.95. The summed E-state index contributed by atoms with van der Waals surface area (Å²) in [6.45, 7) is 3.87. The van der Waals surface area contributed by atoms with Crippen LogP contribution >= 0.6 is 0 Å². The van der Waals surface area contributed by atoms with E-state index in [2.05, 4.69) is 17.1 Å². The smallest absolute Gasteiger partial charge is 0.272 e. The fraction of sp³-hybridized carbons (Fsp3) is 0.640. The highest BCUT2D eigenvalue weighted by atomic mass is 16.3. The minimum Gasteiger partial charge on any atom is -0.392 e. The summed E-state index contributed by atoms with van der Waals surface area (Å²) in [5.74, 6) is 0.257. The van der Waals surface area contributed by atoms with Crippen LogP contribution in [0.4, 0.5) is 5.69 Å². The van der Waals surface area contributed by atoms with Gasteiger partial charge in [0.05, 0.1) is 17.7 Å². The van der Waals surface area contributed by atoms with E-state index in [1.54, 1.807) is 11.9 Å². The van der Waals surface area contributed by atoms with Gasteiger partial charge in [-0.25, -0.2) is 4.99 Å². The number of nitrogens with one attached hydrogen (secondary N) is 1. The molecule has 1 aromatic carbocycles. The van der Waals surface area contributed by atoms with E-state index in [-0.39, 0.29) is 11.8 Å². The van der Waals surface area contributed by atoms with Gasteiger partial charge in [0.25, 0.3) is 5.91 Å². The van der Waals surface area contributed by atoms with Gasteiger partial charge in [-0.3, -0.25) is 9.59 Å². The quantitative estimate of drug-likeness (QED) is 0.651. The number of unbranched alkanes of at least 4 members (excludes halogenated alkanes) is 1. The van der Waals surface area contributed by atoms with Crippen LogP contribution in [0.15, 0.2) is 29.3 Å². The van der Waals surface area contributed by atoms with Crippen molar-refractivity contribution in [2.24, 2.45) is 16.8 Å². The molecular weight excluding hydrogens is 404 g/mol. The van der Waals surface area contributed by atoms with Crippen LogP contribution in [0.2, 0.25) is 0 Å². The molecule has 0 spiro atoms. The lowest BCUT2D eigenvalue weighted by molar-refractivity contribution is -0.133. The van der Waals surface area contributed by atoms with Gasteiger partial charge in [0.15, 0.2) is 0 Å². The van der Waals surface area contributed by atoms with Crippen LogP contribution < -0.4 is 10.2 Å². The number of benzodiazepines with no additional fused rings is 1. The molecule has 2 amide bonds. The summed E-state index contributed by atoms with van der Waals surface area (Å²) >= 11 is 0. The van der Waals surface area contributed by atoms with E-state index in [4.69, 9.17) is 4.99 Å². The molecule has 174 valence electrons. The number of amides is 2. The van der Waals surface area contributed by atoms with E-state index in [1.807, 2.05) is 24.3 Å². The Balaban J connectivity index is 1.60. The first-order valence-corrected chi connectivity index (χ1v) is 12.2. The van der Waals surface area contributed by atoms with Crippen LogP contribution in [0.1, 0.15) is 63.9 Å². The Morgan fingerprint density at radius 1 is 1.25 bits per heavy atom. The van der Waals surface area contributed by atoms with Gasteiger partial charge < -0.3 is 20.2 Å². The molecule has 32 heavy (non-hydrogen) atoms. The summed E-state index contributed by atoms with van der Waals surface area (Å²) in [6, 6.07) is 7.79. The number of para-hydroxylation sites is 1. The fourth-order valence-electron chi connectivity index (χ4n) is 4.79. The van der Waals surface area contributed by atoms with Crippen molar-refractivity contribution in [3.8, 4) is 0 Å². The van der Waals surface area contributed by atoms with Crippen molar-refractivity contribution >= 4 is 23.3 Å². The Morgan fingerprint density at radius 3 is 2.66 bits per heavy atom. The third-order valence-corrected chi connectivity index (χ3v) is 6.95. The Morgan fingerprint density at radius 2 is 1.97 bits per heavy atom. The average Bonchev–Trinajstić information content (AvgIpc) is 3.49. The molecule has 1 saturated heterocycles. The minimum atomic E-state index is -0.990. The van der Waals surface area contributed by atoms with E-state index in [0.29, 0.717) is 18.8 Å². The number of carbonyl (C=O) groups is 2. The van der Waals surface area contributed by atoms with E-state index in [1.165, 1.54) is 0 Å². The highest BCUT2D eigenvalue weighted by Gasteiger charge is 2.37. The highest BCUT2D eigenvalue weighted by molar-refractivity contribution is 6.12. The largest absolute Gasteiger partial charge is 0.392 e. The number of carbonyl (C=O) groups excluding carboxylic acids is 2. The number of fused-ring (bicyclic) bond motifs is 1. The molecule has 2 aliphatic heterocycles. The maximum atomic E-state index is 13.3. The molecule has 7 heteroatoms. The summed E-state index contributed by atoms with van der Waals surface area (Å²) < 4.78 is 0. The molecule has 2 N–H and O–H groups in total. The molecule has 4 rings (SSSR count). The summed E-state index contributed by atoms with van der Waals surface area (Å²) in [5.41, 5.74) is 1.72. The van der Waals surface area contributed by atoms with Crippen molar-refractivity contribution in [1.29, 1.82) is 0 Å². The Labute approximate surface area is 190 Å². The second kappa shape index (κ2) is 10.0. The number of aliphatic hydroxyl groups excluding tert-OH is 1. The van der Waals surface area contributed by atoms with Crippen molar-refractivity contribution in [2.75, 3.05) is 25.0 Å². The second-order valence-electron chi connectivity index (χ2n) is 9.47. The first kappa shape index (κ1) is 22.8. The summed E-state index contributed by atoms with van der Waals surface area (Å²) in [5, 5.41) is 13.7. The van der Waals surface area contributed by atoms with Gasteiger partial charge in [-0.15, -0.1) is 0 Å². The number of hydrogen-bond acceptors (Lipinski definition) is 5. The van der Waals surface area contributed by atoms with E-state index < -0.39 is 18.2 Å². The summed E-state index contributed by atoms with van der Waals surface area (Å²) in [4.78, 5) is 35.3. The molecule has 7 nitrogen and oxygen atoms in total. The van der Waals surface area contributed by atoms with Gasteiger partial charge in [0.1, 0.15) is 5.84 Å². The fourth-order valence-corrected chi connectivity index (χ4v) is 4.79. The number of likely N-dealkylation sites (tertiary alicyclic amines) is 1. The van der Waals surface area contributed by atoms with Crippen molar-refractivity contribution in [1.82, 2.24) is 10.2 Å². The zero-order valence-electron chi connectivity index (χ0n) is 19.3. The number of hydrogen-bond donors (Lipinski definition) is 2. The predicted octanol–water partition coefficient (Wildman–Crippen LogP) is 2.92. The zero-order chi connectivity index (χ0) is 22.7. The van der Waals surface area contributed by atoms with Crippen LogP contribution in [0.25, 0.3) is 0 Å². The number of nitrogens with zero attached hydrogens (tertiary/aromatic N) is 3. The Bertz CT molecular complexity index is 860. The molecule has 3 aliphatic rings. The summed E-state index contributed by atoms with van der Waals surface area (Å²) in [7, 11) is 1.74. The summed E-state index contributed by atoms with van der Waals surface area (Å²) in [6.07, 6.45) is 5.87. The van der Waals surface area contributed by atoms with E-state index in [9.17, 15) is 14.7 Å². The van der Waals surface area contributed by atoms with E-state index in [0.717, 1.165) is 68.7 Å². The lowest BCUT2D eigenvalue weighted by Gasteiger charge is -2.25. The van der Waals surface area contributed by atoms with Crippen LogP contribution in [0.5, 0.6) is 0 Å². The molecule has 1 saturated carbocycles. The standard InChI is InChI=1S/C25H36N4O3/c1-3-4-11-21(30)19(16-17-12-13-17)24(31)27-22-25(32)28(2)20-10-6-5-9-18(20)23(26-22)29-14-7-8-15-29/h5-6,9-10,17,19,21-22,30H,3-4,7-8,11-16H2,1-2H3,(H,27,31)/t19-,21+,22+/m1/s1. The van der Waals surface area contributed by atoms with Crippen molar-refractivity contribution < 1.29 is 14.7 Å². The molecule has 2 fully saturated rings. The van der Waals surface area contributed by atoms with Crippen LogP contribution in [0.3, 0.4) is 0 Å². The number of aliphatic hydroxyl groups is 1. The molecule has 0 bridgehead atoms. The predicted molar refractivity (Wildman–Crippen MR) is 125 cm³/mol. The van der Waals surface area contributed by atoms with Crippen molar-refractivity contribution in [2.45, 2.75) is 70.6 Å². The number of aliphatic imine (C=N–C) groups is 1. The number of rotatable bonds is 8. The normalized spacial score (nSPS) is 22.8. The zero-order valence-corrected chi connectivity index (χ0v) is 19.3. The lowest BCUT2D eigenvalue weighted by Crippen LogP contribution is -2.49. The monoisotopic (exact) mass is 440 g/mol. The molecule has 3 atom stereocenters. The second-order valence-corrected chi connectivity index (χ2v) is 9.47. The number of benzene rings is 1. The highest BCUT2D eigenvalue weighted by Crippen LogP contribution is 2.37. The molecule has 0 aromatic heterocycles. The van der Waals surface area contributed by atoms with Gasteiger partial charge in [-0.1, -0.05) is 44.7 Å². The topological polar surface area (TPSA) is 85.2 Å². The van der Waals surface area contributed by atoms with Crippen LogP contribution in [-0.2, 0) is 9.59 Å². The Hall–Kier alpha value is -2.41. The van der Waals surface area contributed by atoms with E-state index >= 15 is 0 Å². The van der Waals surface area contributed by atoms with Crippen molar-refractivity contribution in [3.05, 3.63) is 29.8 Å². The average molecular weight is 441 g/mol. The lowest BCUT2D eigenvalue weighted by atomic mass is 9.91. The van der Waals surface area contributed by atoms with Gasteiger partial charge in [0, 0.05) is 25.7 Å². The third kappa shape index (κ3) is 4.98. The molecule has 1 aromatic rings. The molecule has 0 unspecified atom stereocenters. The maximum Gasteiger partial charge on any atom is 0.272 e. The Kier molecular flexibility index (Phi) is 7.13. The molecule has 1 aliphatic carbocycles. The van der Waals surface area contributed by atoms with Gasteiger partial charge >= 0.3 is 0 Å². The SMILES string of the molecule is CCCC[C@H](O)[C@@H](CC1CC1)C(=O)N[C@@H]1N=C(N2CCCC2)c2ccccc2N(C)C1=O. The number of likely N-dealkylation sites (N-methyl/N-ethyl adjacent to an activating group) is 1.